The average Bonchev–Trinajstić information content (AvgIpc) is 3.41. The van der Waals surface area contributed by atoms with Gasteiger partial charge in [0.15, 0.2) is 22.8 Å². The Hall–Kier alpha value is -2.19. The van der Waals surface area contributed by atoms with E-state index in [0.717, 1.165) is 31.7 Å². The number of allylic oxidation sites excluding steroid dienone is 1. The molecule has 2 aromatic rings. The Kier molecular flexibility index (Phi) is 4.30. The van der Waals surface area contributed by atoms with Crippen molar-refractivity contribution in [2.75, 3.05) is 31.2 Å². The number of nitrogens with one attached hydrogen (secondary N) is 1. The number of nitrogens with two attached hydrogens (primary N) is 1. The van der Waals surface area contributed by atoms with Gasteiger partial charge in [-0.3, -0.25) is 4.57 Å². The van der Waals surface area contributed by atoms with Crippen molar-refractivity contribution in [1.82, 2.24) is 19.5 Å². The predicted molar refractivity (Wildman–Crippen MR) is 97.0 cm³/mol. The molecule has 1 saturated heterocycles. The molecule has 1 aliphatic carbocycles. The molecule has 0 radical (unpaired) electrons. The van der Waals surface area contributed by atoms with Crippen molar-refractivity contribution in [2.45, 2.75) is 19.4 Å². The topological polar surface area (TPSA) is 106 Å². The van der Waals surface area contributed by atoms with Gasteiger partial charge in [-0.05, 0) is 30.4 Å². The number of morpholine rings is 1. The summed E-state index contributed by atoms with van der Waals surface area (Å²) < 4.78 is 7.39. The fourth-order valence-corrected chi connectivity index (χ4v) is 3.23. The van der Waals surface area contributed by atoms with E-state index in [0.29, 0.717) is 47.0 Å². The van der Waals surface area contributed by atoms with Crippen LogP contribution in [0.1, 0.15) is 18.7 Å². The Morgan fingerprint density at radius 1 is 1.28 bits per heavy atom. The Morgan fingerprint density at radius 3 is 2.68 bits per heavy atom. The van der Waals surface area contributed by atoms with Crippen LogP contribution in [0.5, 0.6) is 0 Å². The fourth-order valence-electron chi connectivity index (χ4n) is 2.99. The quantitative estimate of drug-likeness (QED) is 0.620. The molecule has 1 saturated carbocycles. The van der Waals surface area contributed by atoms with E-state index in [1.54, 1.807) is 0 Å². The average molecular weight is 362 g/mol. The minimum atomic E-state index is 0.417. The molecule has 4 rings (SSSR count). The zero-order valence-electron chi connectivity index (χ0n) is 13.8. The van der Waals surface area contributed by atoms with Crippen molar-refractivity contribution in [3.63, 3.8) is 0 Å². The van der Waals surface area contributed by atoms with E-state index in [4.69, 9.17) is 27.5 Å². The summed E-state index contributed by atoms with van der Waals surface area (Å²) in [5.41, 5.74) is 7.50. The van der Waals surface area contributed by atoms with Gasteiger partial charge in [0.05, 0.1) is 18.8 Å². The standard InChI is InChI=1S/C16H20ClN7O/c17-16-20-12-14(23-3-5-25-6-4-23)21-13(11(7-18)8-19)22-15(12)24(16)9-10-1-2-10/h7-8,10,18H,1-6,9,19H2. The van der Waals surface area contributed by atoms with Crippen LogP contribution in [-0.2, 0) is 11.3 Å². The van der Waals surface area contributed by atoms with Crippen molar-refractivity contribution >= 4 is 40.4 Å². The van der Waals surface area contributed by atoms with Gasteiger partial charge in [0, 0.05) is 32.0 Å². The van der Waals surface area contributed by atoms with Crippen LogP contribution in [0.4, 0.5) is 5.82 Å². The summed E-state index contributed by atoms with van der Waals surface area (Å²) in [7, 11) is 0. The van der Waals surface area contributed by atoms with E-state index in [9.17, 15) is 0 Å². The maximum Gasteiger partial charge on any atom is 0.205 e. The molecule has 0 spiro atoms. The minimum Gasteiger partial charge on any atom is -0.404 e. The third-order valence-electron chi connectivity index (χ3n) is 4.57. The van der Waals surface area contributed by atoms with Crippen LogP contribution in [0, 0.1) is 11.3 Å². The van der Waals surface area contributed by atoms with E-state index >= 15 is 0 Å². The van der Waals surface area contributed by atoms with Crippen LogP contribution in [0.15, 0.2) is 6.20 Å². The molecule has 25 heavy (non-hydrogen) atoms. The first-order valence-electron chi connectivity index (χ1n) is 8.40. The highest BCUT2D eigenvalue weighted by Crippen LogP contribution is 2.34. The normalized spacial score (nSPS) is 18.8. The first-order chi connectivity index (χ1) is 12.2. The van der Waals surface area contributed by atoms with E-state index in [1.807, 2.05) is 4.57 Å². The summed E-state index contributed by atoms with van der Waals surface area (Å²) in [5.74, 6) is 1.77. The molecule has 1 aliphatic heterocycles. The van der Waals surface area contributed by atoms with Gasteiger partial charge in [-0.1, -0.05) is 0 Å². The fraction of sp³-hybridized carbons (Fsp3) is 0.500. The smallest absolute Gasteiger partial charge is 0.205 e. The number of rotatable bonds is 5. The molecule has 2 aliphatic rings. The van der Waals surface area contributed by atoms with Gasteiger partial charge in [-0.2, -0.15) is 0 Å². The Morgan fingerprint density at radius 2 is 2.04 bits per heavy atom. The lowest BCUT2D eigenvalue weighted by atomic mass is 10.2. The molecule has 0 unspecified atom stereocenters. The molecule has 2 aromatic heterocycles. The molecule has 0 atom stereocenters. The van der Waals surface area contributed by atoms with E-state index in [1.165, 1.54) is 19.0 Å². The van der Waals surface area contributed by atoms with Gasteiger partial charge >= 0.3 is 0 Å². The third-order valence-corrected chi connectivity index (χ3v) is 4.86. The SMILES string of the molecule is N=CC(=CN)c1nc(N2CCOCC2)c2nc(Cl)n(CC3CC3)c2n1. The summed E-state index contributed by atoms with van der Waals surface area (Å²) in [6.45, 7) is 3.54. The lowest BCUT2D eigenvalue weighted by Crippen LogP contribution is -2.37. The lowest BCUT2D eigenvalue weighted by Gasteiger charge is -2.28. The third kappa shape index (κ3) is 3.07. The number of hydrogen-bond acceptors (Lipinski definition) is 7. The van der Waals surface area contributed by atoms with Gasteiger partial charge < -0.3 is 20.8 Å². The van der Waals surface area contributed by atoms with Crippen LogP contribution in [0.3, 0.4) is 0 Å². The largest absolute Gasteiger partial charge is 0.404 e. The maximum atomic E-state index is 7.57. The minimum absolute atomic E-state index is 0.417. The first kappa shape index (κ1) is 16.3. The number of ether oxygens (including phenoxy) is 1. The molecule has 3 N–H and O–H groups in total. The highest BCUT2D eigenvalue weighted by Gasteiger charge is 2.27. The molecule has 132 valence electrons. The molecule has 3 heterocycles. The summed E-state index contributed by atoms with van der Waals surface area (Å²) in [6.07, 6.45) is 4.92. The maximum absolute atomic E-state index is 7.57. The lowest BCUT2D eigenvalue weighted by molar-refractivity contribution is 0.122. The second-order valence-electron chi connectivity index (χ2n) is 6.34. The highest BCUT2D eigenvalue weighted by atomic mass is 35.5. The van der Waals surface area contributed by atoms with Crippen molar-refractivity contribution in [2.24, 2.45) is 11.7 Å². The van der Waals surface area contributed by atoms with Gasteiger partial charge in [-0.15, -0.1) is 0 Å². The van der Waals surface area contributed by atoms with Crippen LogP contribution >= 0.6 is 11.6 Å². The van der Waals surface area contributed by atoms with Crippen molar-refractivity contribution < 1.29 is 4.74 Å². The molecule has 0 aromatic carbocycles. The van der Waals surface area contributed by atoms with Crippen molar-refractivity contribution in [3.8, 4) is 0 Å². The van der Waals surface area contributed by atoms with E-state index in [-0.39, 0.29) is 0 Å². The Labute approximate surface area is 150 Å². The number of halogens is 1. The first-order valence-corrected chi connectivity index (χ1v) is 8.78. The molecule has 8 nitrogen and oxygen atoms in total. The van der Waals surface area contributed by atoms with E-state index < -0.39 is 0 Å². The summed E-state index contributed by atoms with van der Waals surface area (Å²) in [5, 5.41) is 7.99. The van der Waals surface area contributed by atoms with Gasteiger partial charge in [0.2, 0.25) is 5.28 Å². The predicted octanol–water partition coefficient (Wildman–Crippen LogP) is 1.68. The number of aromatic nitrogens is 4. The molecule has 0 bridgehead atoms. The van der Waals surface area contributed by atoms with Gasteiger partial charge in [0.1, 0.15) is 0 Å². The number of fused-ring (bicyclic) bond motifs is 1. The molecule has 2 fully saturated rings. The number of nitrogens with zero attached hydrogens (tertiary/aromatic N) is 5. The second kappa shape index (κ2) is 6.61. The zero-order chi connectivity index (χ0) is 17.4. The monoisotopic (exact) mass is 361 g/mol. The number of hydrogen-bond donors (Lipinski definition) is 2. The van der Waals surface area contributed by atoms with Crippen LogP contribution in [0.2, 0.25) is 5.28 Å². The summed E-state index contributed by atoms with van der Waals surface area (Å²) >= 11 is 6.41. The zero-order valence-corrected chi connectivity index (χ0v) is 14.5. The van der Waals surface area contributed by atoms with Crippen LogP contribution in [-0.4, -0.2) is 52.0 Å². The summed E-state index contributed by atoms with van der Waals surface area (Å²) in [4.78, 5) is 15.9. The number of anilines is 1. The van der Waals surface area contributed by atoms with Gasteiger partial charge in [-0.25, -0.2) is 15.0 Å². The Bertz CT molecular complexity index is 837. The van der Waals surface area contributed by atoms with Crippen molar-refractivity contribution in [1.29, 1.82) is 5.41 Å². The van der Waals surface area contributed by atoms with Crippen molar-refractivity contribution in [3.05, 3.63) is 17.3 Å². The van der Waals surface area contributed by atoms with Crippen LogP contribution in [0.25, 0.3) is 16.7 Å². The van der Waals surface area contributed by atoms with Crippen LogP contribution < -0.4 is 10.6 Å². The highest BCUT2D eigenvalue weighted by molar-refractivity contribution is 6.29. The second-order valence-corrected chi connectivity index (χ2v) is 6.68. The summed E-state index contributed by atoms with van der Waals surface area (Å²) in [6, 6.07) is 0. The molecular formula is C16H20ClN7O. The van der Waals surface area contributed by atoms with Gasteiger partial charge in [0.25, 0.3) is 0 Å². The molecule has 0 amide bonds. The number of imidazole rings is 1. The molecule has 9 heteroatoms. The molecular weight excluding hydrogens is 342 g/mol. The van der Waals surface area contributed by atoms with E-state index in [2.05, 4.69) is 19.9 Å². The Balaban J connectivity index is 1.89.